The molecular formula is C10H6F3NO3. The second kappa shape index (κ2) is 3.76. The van der Waals surface area contributed by atoms with E-state index in [0.29, 0.717) is 0 Å². The van der Waals surface area contributed by atoms with E-state index in [-0.39, 0.29) is 17.0 Å². The Bertz CT molecular complexity index is 496. The number of alkyl halides is 3. The van der Waals surface area contributed by atoms with Gasteiger partial charge in [-0.25, -0.2) is 0 Å². The predicted octanol–water partition coefficient (Wildman–Crippen LogP) is 2.93. The molecule has 90 valence electrons. The number of ether oxygens (including phenoxy) is 1. The van der Waals surface area contributed by atoms with Crippen LogP contribution in [-0.2, 0) is 0 Å². The number of rotatable bonds is 1. The highest BCUT2D eigenvalue weighted by Gasteiger charge is 2.41. The van der Waals surface area contributed by atoms with Crippen LogP contribution in [0.5, 0.6) is 5.75 Å². The molecule has 0 saturated carbocycles. The Balaban J connectivity index is 2.33. The summed E-state index contributed by atoms with van der Waals surface area (Å²) in [6.45, 7) is 0. The number of nitro benzene ring substituents is 1. The van der Waals surface area contributed by atoms with Gasteiger partial charge in [-0.3, -0.25) is 10.1 Å². The van der Waals surface area contributed by atoms with Gasteiger partial charge in [-0.1, -0.05) is 6.08 Å². The zero-order chi connectivity index (χ0) is 12.6. The van der Waals surface area contributed by atoms with Crippen molar-refractivity contribution in [1.82, 2.24) is 0 Å². The highest BCUT2D eigenvalue weighted by molar-refractivity contribution is 5.63. The standard InChI is InChI=1S/C10H6F3NO3/c11-10(12,13)9-4-1-6-5-7(14(15)16)2-3-8(6)17-9/h1-5,9H. The molecule has 4 nitrogen and oxygen atoms in total. The largest absolute Gasteiger partial charge is 0.476 e. The van der Waals surface area contributed by atoms with Gasteiger partial charge in [-0.05, 0) is 12.1 Å². The molecule has 1 aliphatic heterocycles. The molecule has 1 aromatic rings. The number of hydrogen-bond acceptors (Lipinski definition) is 3. The molecule has 0 spiro atoms. The summed E-state index contributed by atoms with van der Waals surface area (Å²) >= 11 is 0. The molecule has 0 fully saturated rings. The third-order valence-corrected chi connectivity index (χ3v) is 2.23. The Morgan fingerprint density at radius 2 is 2.06 bits per heavy atom. The Labute approximate surface area is 93.5 Å². The number of nitro groups is 1. The molecular weight excluding hydrogens is 239 g/mol. The Morgan fingerprint density at radius 3 is 2.65 bits per heavy atom. The first-order chi connectivity index (χ1) is 7.88. The van der Waals surface area contributed by atoms with Gasteiger partial charge in [0.05, 0.1) is 4.92 Å². The van der Waals surface area contributed by atoms with Gasteiger partial charge in [0.15, 0.2) is 0 Å². The monoisotopic (exact) mass is 245 g/mol. The van der Waals surface area contributed by atoms with Crippen molar-refractivity contribution in [1.29, 1.82) is 0 Å². The van der Waals surface area contributed by atoms with Crippen molar-refractivity contribution in [2.75, 3.05) is 0 Å². The van der Waals surface area contributed by atoms with Gasteiger partial charge < -0.3 is 4.74 Å². The molecule has 0 N–H and O–H groups in total. The van der Waals surface area contributed by atoms with Crippen LogP contribution in [0.2, 0.25) is 0 Å². The molecule has 7 heteroatoms. The molecule has 0 aliphatic carbocycles. The van der Waals surface area contributed by atoms with Crippen LogP contribution in [-0.4, -0.2) is 17.2 Å². The van der Waals surface area contributed by atoms with Crippen LogP contribution < -0.4 is 4.74 Å². The van der Waals surface area contributed by atoms with Crippen LogP contribution in [0.25, 0.3) is 6.08 Å². The first kappa shape index (κ1) is 11.4. The molecule has 1 unspecified atom stereocenters. The van der Waals surface area contributed by atoms with Crippen LogP contribution in [0.4, 0.5) is 18.9 Å². The second-order valence-electron chi connectivity index (χ2n) is 3.42. The van der Waals surface area contributed by atoms with Crippen LogP contribution >= 0.6 is 0 Å². The van der Waals surface area contributed by atoms with Gasteiger partial charge in [0.25, 0.3) is 5.69 Å². The maximum atomic E-state index is 12.4. The minimum Gasteiger partial charge on any atom is -0.476 e. The number of non-ortho nitro benzene ring substituents is 1. The van der Waals surface area contributed by atoms with E-state index in [1.165, 1.54) is 12.1 Å². The molecule has 1 aliphatic rings. The fraction of sp³-hybridized carbons (Fsp3) is 0.200. The average Bonchev–Trinajstić information content (AvgIpc) is 2.26. The van der Waals surface area contributed by atoms with Crippen molar-refractivity contribution < 1.29 is 22.8 Å². The molecule has 1 aromatic carbocycles. The first-order valence-electron chi connectivity index (χ1n) is 4.58. The highest BCUT2D eigenvalue weighted by Crippen LogP contribution is 2.34. The zero-order valence-corrected chi connectivity index (χ0v) is 8.27. The van der Waals surface area contributed by atoms with Crippen LogP contribution in [0.15, 0.2) is 24.3 Å². The maximum absolute atomic E-state index is 12.4. The van der Waals surface area contributed by atoms with Crippen LogP contribution in [0.1, 0.15) is 5.56 Å². The highest BCUT2D eigenvalue weighted by atomic mass is 19.4. The molecule has 0 saturated heterocycles. The van der Waals surface area contributed by atoms with Crippen LogP contribution in [0.3, 0.4) is 0 Å². The van der Waals surface area contributed by atoms with Gasteiger partial charge in [0.1, 0.15) is 5.75 Å². The summed E-state index contributed by atoms with van der Waals surface area (Å²) in [5.41, 5.74) is 0.0714. The lowest BCUT2D eigenvalue weighted by Gasteiger charge is -2.23. The van der Waals surface area contributed by atoms with Gasteiger partial charge >= 0.3 is 6.18 Å². The molecule has 2 rings (SSSR count). The van der Waals surface area contributed by atoms with E-state index in [1.54, 1.807) is 0 Å². The lowest BCUT2D eigenvalue weighted by atomic mass is 10.1. The summed E-state index contributed by atoms with van der Waals surface area (Å²) in [5.74, 6) is -0.0135. The minimum absolute atomic E-state index is 0.0135. The normalized spacial score (nSPS) is 18.4. The van der Waals surface area contributed by atoms with E-state index in [4.69, 9.17) is 4.74 Å². The number of fused-ring (bicyclic) bond motifs is 1. The van der Waals surface area contributed by atoms with Crippen molar-refractivity contribution in [3.8, 4) is 5.75 Å². The summed E-state index contributed by atoms with van der Waals surface area (Å²) in [6.07, 6.45) is -4.50. The molecule has 0 amide bonds. The van der Waals surface area contributed by atoms with Crippen LogP contribution in [0, 0.1) is 10.1 Å². The summed E-state index contributed by atoms with van der Waals surface area (Å²) < 4.78 is 41.8. The second-order valence-corrected chi connectivity index (χ2v) is 3.42. The molecule has 1 atom stereocenters. The minimum atomic E-state index is -4.49. The maximum Gasteiger partial charge on any atom is 0.429 e. The summed E-state index contributed by atoms with van der Waals surface area (Å²) in [7, 11) is 0. The lowest BCUT2D eigenvalue weighted by Crippen LogP contribution is -2.33. The van der Waals surface area contributed by atoms with E-state index in [9.17, 15) is 23.3 Å². The first-order valence-corrected chi connectivity index (χ1v) is 4.58. The molecule has 0 aromatic heterocycles. The van der Waals surface area contributed by atoms with Crippen molar-refractivity contribution in [2.45, 2.75) is 12.3 Å². The topological polar surface area (TPSA) is 52.4 Å². The smallest absolute Gasteiger partial charge is 0.429 e. The number of halogens is 3. The van der Waals surface area contributed by atoms with Crippen molar-refractivity contribution >= 4 is 11.8 Å². The molecule has 17 heavy (non-hydrogen) atoms. The summed E-state index contributed by atoms with van der Waals surface area (Å²) in [6, 6.07) is 3.43. The Kier molecular flexibility index (Phi) is 2.53. The molecule has 0 radical (unpaired) electrons. The Hall–Kier alpha value is -2.05. The molecule has 0 bridgehead atoms. The fourth-order valence-electron chi connectivity index (χ4n) is 1.43. The third-order valence-electron chi connectivity index (χ3n) is 2.23. The van der Waals surface area contributed by atoms with Gasteiger partial charge in [-0.15, -0.1) is 0 Å². The SMILES string of the molecule is O=[N+]([O-])c1ccc2c(c1)C=CC(C(F)(F)F)O2. The van der Waals surface area contributed by atoms with Gasteiger partial charge in [0, 0.05) is 17.7 Å². The summed E-state index contributed by atoms with van der Waals surface area (Å²) in [4.78, 5) is 9.85. The number of benzene rings is 1. The lowest BCUT2D eigenvalue weighted by molar-refractivity contribution is -0.384. The van der Waals surface area contributed by atoms with E-state index in [1.807, 2.05) is 0 Å². The predicted molar refractivity (Wildman–Crippen MR) is 52.6 cm³/mol. The quantitative estimate of drug-likeness (QED) is 0.564. The number of hydrogen-bond donors (Lipinski definition) is 0. The third kappa shape index (κ3) is 2.22. The summed E-state index contributed by atoms with van der Waals surface area (Å²) in [5, 5.41) is 10.5. The molecule has 1 heterocycles. The van der Waals surface area contributed by atoms with E-state index < -0.39 is 17.2 Å². The van der Waals surface area contributed by atoms with E-state index in [2.05, 4.69) is 0 Å². The van der Waals surface area contributed by atoms with Crippen molar-refractivity contribution in [3.05, 3.63) is 40.0 Å². The van der Waals surface area contributed by atoms with Gasteiger partial charge in [0.2, 0.25) is 6.10 Å². The zero-order valence-electron chi connectivity index (χ0n) is 8.27. The number of nitrogens with zero attached hydrogens (tertiary/aromatic N) is 1. The fourth-order valence-corrected chi connectivity index (χ4v) is 1.43. The van der Waals surface area contributed by atoms with Crippen molar-refractivity contribution in [3.63, 3.8) is 0 Å². The van der Waals surface area contributed by atoms with E-state index >= 15 is 0 Å². The van der Waals surface area contributed by atoms with Gasteiger partial charge in [-0.2, -0.15) is 13.2 Å². The Morgan fingerprint density at radius 1 is 1.35 bits per heavy atom. The van der Waals surface area contributed by atoms with E-state index in [0.717, 1.165) is 18.2 Å². The average molecular weight is 245 g/mol. The van der Waals surface area contributed by atoms with Crippen molar-refractivity contribution in [2.24, 2.45) is 0 Å².